The first-order valence-electron chi connectivity index (χ1n) is 7.60. The van der Waals surface area contributed by atoms with Crippen LogP contribution in [0.1, 0.15) is 24.0 Å². The van der Waals surface area contributed by atoms with E-state index in [0.717, 1.165) is 29.9 Å². The summed E-state index contributed by atoms with van der Waals surface area (Å²) >= 11 is 0. The number of nitrogens with two attached hydrogens (primary N) is 1. The summed E-state index contributed by atoms with van der Waals surface area (Å²) < 4.78 is 13.2. The molecule has 0 saturated carbocycles. The topological polar surface area (TPSA) is 42.1 Å². The van der Waals surface area contributed by atoms with Crippen molar-refractivity contribution in [3.63, 3.8) is 0 Å². The van der Waals surface area contributed by atoms with Gasteiger partial charge >= 0.3 is 0 Å². The fourth-order valence-corrected chi connectivity index (χ4v) is 2.66. The van der Waals surface area contributed by atoms with Crippen LogP contribution in [0.15, 0.2) is 42.6 Å². The third-order valence-electron chi connectivity index (χ3n) is 4.01. The molecular weight excluding hydrogens is 277 g/mol. The van der Waals surface area contributed by atoms with Gasteiger partial charge in [0.15, 0.2) is 0 Å². The van der Waals surface area contributed by atoms with Crippen molar-refractivity contribution < 1.29 is 4.39 Å². The normalized spacial score (nSPS) is 16.3. The molecule has 2 heterocycles. The molecule has 0 amide bonds. The average Bonchev–Trinajstić information content (AvgIpc) is 2.55. The van der Waals surface area contributed by atoms with Crippen molar-refractivity contribution in [2.75, 3.05) is 23.7 Å². The van der Waals surface area contributed by atoms with Gasteiger partial charge in [0.2, 0.25) is 0 Å². The van der Waals surface area contributed by atoms with Crippen LogP contribution in [-0.4, -0.2) is 24.2 Å². The van der Waals surface area contributed by atoms with E-state index in [1.165, 1.54) is 0 Å². The number of hydrogen-bond acceptors (Lipinski definition) is 3. The number of hydrogen-bond donors (Lipinski definition) is 1. The second-order valence-electron chi connectivity index (χ2n) is 5.56. The van der Waals surface area contributed by atoms with Crippen LogP contribution in [0.25, 0.3) is 12.2 Å². The summed E-state index contributed by atoms with van der Waals surface area (Å²) in [5, 5.41) is 0. The van der Waals surface area contributed by atoms with Gasteiger partial charge in [-0.15, -0.1) is 0 Å². The molecule has 22 heavy (non-hydrogen) atoms. The first-order chi connectivity index (χ1) is 10.7. The van der Waals surface area contributed by atoms with Crippen molar-refractivity contribution in [1.82, 2.24) is 4.98 Å². The number of aromatic nitrogens is 1. The predicted octanol–water partition coefficient (Wildman–Crippen LogP) is 3.77. The van der Waals surface area contributed by atoms with Crippen molar-refractivity contribution in [2.45, 2.75) is 19.0 Å². The van der Waals surface area contributed by atoms with Crippen LogP contribution in [-0.2, 0) is 0 Å². The molecule has 2 aromatic rings. The molecule has 1 aliphatic rings. The fourth-order valence-electron chi connectivity index (χ4n) is 2.66. The summed E-state index contributed by atoms with van der Waals surface area (Å²) in [6.07, 6.45) is 6.28. The summed E-state index contributed by atoms with van der Waals surface area (Å²) in [5.74, 6) is 0.532. The highest BCUT2D eigenvalue weighted by atomic mass is 19.1. The number of piperidine rings is 1. The standard InChI is InChI=1S/C18H20FN3/c19-16-9-12-22(13-10-16)17-7-4-14(5-8-17)3-6-15-2-1-11-21-18(15)20/h1-8,11,16H,9-10,12-13H2,(H2,20,21)/b6-3+. The number of nitrogen functional groups attached to an aromatic ring is 1. The van der Waals surface area contributed by atoms with Crippen molar-refractivity contribution in [1.29, 1.82) is 0 Å². The Morgan fingerprint density at radius 2 is 1.82 bits per heavy atom. The monoisotopic (exact) mass is 297 g/mol. The molecule has 1 fully saturated rings. The largest absolute Gasteiger partial charge is 0.383 e. The summed E-state index contributed by atoms with van der Waals surface area (Å²) in [4.78, 5) is 6.30. The molecule has 3 rings (SSSR count). The predicted molar refractivity (Wildman–Crippen MR) is 90.4 cm³/mol. The Kier molecular flexibility index (Phi) is 4.37. The summed E-state index contributed by atoms with van der Waals surface area (Å²) in [6.45, 7) is 1.59. The maximum absolute atomic E-state index is 13.2. The number of benzene rings is 1. The highest BCUT2D eigenvalue weighted by Crippen LogP contribution is 2.22. The van der Waals surface area contributed by atoms with E-state index in [0.29, 0.717) is 18.7 Å². The van der Waals surface area contributed by atoms with E-state index in [2.05, 4.69) is 34.1 Å². The Morgan fingerprint density at radius 1 is 1.09 bits per heavy atom. The van der Waals surface area contributed by atoms with Gasteiger partial charge in [0.1, 0.15) is 12.0 Å². The minimum Gasteiger partial charge on any atom is -0.383 e. The number of alkyl halides is 1. The van der Waals surface area contributed by atoms with Gasteiger partial charge in [-0.1, -0.05) is 24.3 Å². The number of nitrogens with zero attached hydrogens (tertiary/aromatic N) is 2. The number of halogens is 1. The van der Waals surface area contributed by atoms with Gasteiger partial charge in [-0.3, -0.25) is 0 Å². The van der Waals surface area contributed by atoms with Crippen LogP contribution in [0.5, 0.6) is 0 Å². The van der Waals surface area contributed by atoms with Crippen molar-refractivity contribution in [3.8, 4) is 0 Å². The van der Waals surface area contributed by atoms with Gasteiger partial charge in [-0.25, -0.2) is 9.37 Å². The lowest BCUT2D eigenvalue weighted by Gasteiger charge is -2.30. The zero-order valence-corrected chi connectivity index (χ0v) is 12.5. The molecule has 114 valence electrons. The third-order valence-corrected chi connectivity index (χ3v) is 4.01. The number of anilines is 2. The molecule has 0 radical (unpaired) electrons. The molecule has 1 aromatic carbocycles. The molecular formula is C18H20FN3. The maximum atomic E-state index is 13.2. The summed E-state index contributed by atoms with van der Waals surface area (Å²) in [7, 11) is 0. The molecule has 0 aliphatic carbocycles. The summed E-state index contributed by atoms with van der Waals surface area (Å²) in [6, 6.07) is 12.1. The Morgan fingerprint density at radius 3 is 2.50 bits per heavy atom. The molecule has 0 atom stereocenters. The van der Waals surface area contributed by atoms with E-state index in [1.54, 1.807) is 6.20 Å². The van der Waals surface area contributed by atoms with E-state index in [1.807, 2.05) is 24.3 Å². The van der Waals surface area contributed by atoms with Gasteiger partial charge in [-0.2, -0.15) is 0 Å². The SMILES string of the molecule is Nc1ncccc1/C=C/c1ccc(N2CCC(F)CC2)cc1. The van der Waals surface area contributed by atoms with Gasteiger partial charge in [0, 0.05) is 30.5 Å². The number of rotatable bonds is 3. The first-order valence-corrected chi connectivity index (χ1v) is 7.60. The van der Waals surface area contributed by atoms with Crippen molar-refractivity contribution in [3.05, 3.63) is 53.7 Å². The van der Waals surface area contributed by atoms with Crippen LogP contribution in [0, 0.1) is 0 Å². The van der Waals surface area contributed by atoms with Crippen LogP contribution in [0.3, 0.4) is 0 Å². The molecule has 4 heteroatoms. The highest BCUT2D eigenvalue weighted by Gasteiger charge is 2.18. The lowest BCUT2D eigenvalue weighted by Crippen LogP contribution is -2.34. The number of pyridine rings is 1. The van der Waals surface area contributed by atoms with Crippen molar-refractivity contribution >= 4 is 23.7 Å². The lowest BCUT2D eigenvalue weighted by atomic mass is 10.1. The summed E-state index contributed by atoms with van der Waals surface area (Å²) in [5.41, 5.74) is 8.99. The van der Waals surface area contributed by atoms with Crippen LogP contribution >= 0.6 is 0 Å². The van der Waals surface area contributed by atoms with Gasteiger partial charge in [-0.05, 0) is 42.7 Å². The Labute approximate surface area is 130 Å². The van der Waals surface area contributed by atoms with Crippen LogP contribution in [0.2, 0.25) is 0 Å². The second kappa shape index (κ2) is 6.60. The Bertz CT molecular complexity index is 644. The van der Waals surface area contributed by atoms with Gasteiger partial charge < -0.3 is 10.6 Å². The molecule has 0 spiro atoms. The van der Waals surface area contributed by atoms with Crippen molar-refractivity contribution in [2.24, 2.45) is 0 Å². The maximum Gasteiger partial charge on any atom is 0.130 e. The smallest absolute Gasteiger partial charge is 0.130 e. The first kappa shape index (κ1) is 14.6. The zero-order chi connectivity index (χ0) is 15.4. The third kappa shape index (κ3) is 3.45. The zero-order valence-electron chi connectivity index (χ0n) is 12.5. The Balaban J connectivity index is 1.68. The molecule has 2 N–H and O–H groups in total. The van der Waals surface area contributed by atoms with E-state index in [4.69, 9.17) is 5.73 Å². The molecule has 1 aromatic heterocycles. The molecule has 0 bridgehead atoms. The lowest BCUT2D eigenvalue weighted by molar-refractivity contribution is 0.277. The molecule has 0 unspecified atom stereocenters. The fraction of sp³-hybridized carbons (Fsp3) is 0.278. The molecule has 3 nitrogen and oxygen atoms in total. The van der Waals surface area contributed by atoms with E-state index >= 15 is 0 Å². The average molecular weight is 297 g/mol. The quantitative estimate of drug-likeness (QED) is 0.937. The minimum atomic E-state index is -0.636. The van der Waals surface area contributed by atoms with Gasteiger partial charge in [0.05, 0.1) is 0 Å². The van der Waals surface area contributed by atoms with Crippen LogP contribution in [0.4, 0.5) is 15.9 Å². The second-order valence-corrected chi connectivity index (χ2v) is 5.56. The van der Waals surface area contributed by atoms with Crippen LogP contribution < -0.4 is 10.6 Å². The molecule has 1 saturated heterocycles. The minimum absolute atomic E-state index is 0.532. The van der Waals surface area contributed by atoms with E-state index in [9.17, 15) is 4.39 Å². The van der Waals surface area contributed by atoms with E-state index in [-0.39, 0.29) is 0 Å². The van der Waals surface area contributed by atoms with E-state index < -0.39 is 6.17 Å². The van der Waals surface area contributed by atoms with Gasteiger partial charge in [0.25, 0.3) is 0 Å². The molecule has 1 aliphatic heterocycles. The Hall–Kier alpha value is -2.36. The highest BCUT2D eigenvalue weighted by molar-refractivity contribution is 5.74.